The van der Waals surface area contributed by atoms with Crippen molar-refractivity contribution in [2.45, 2.75) is 45.4 Å². The SMILES string of the molecule is CCC(C)(C)c1ccc2c(c1)N(CCCC(=O)N1CCN(c3ccccc3Cl)CC1)C(=O)CO2. The fraction of sp³-hybridized carbons (Fsp3) is 0.481. The van der Waals surface area contributed by atoms with Gasteiger partial charge in [-0.2, -0.15) is 0 Å². The molecule has 1 fully saturated rings. The number of fused-ring (bicyclic) bond motifs is 1. The van der Waals surface area contributed by atoms with Gasteiger partial charge in [-0.25, -0.2) is 0 Å². The van der Waals surface area contributed by atoms with Gasteiger partial charge in [0.25, 0.3) is 5.91 Å². The zero-order valence-electron chi connectivity index (χ0n) is 20.3. The van der Waals surface area contributed by atoms with Crippen molar-refractivity contribution in [3.8, 4) is 5.75 Å². The minimum absolute atomic E-state index is 0.0171. The molecule has 2 amide bonds. The highest BCUT2D eigenvalue weighted by molar-refractivity contribution is 6.33. The van der Waals surface area contributed by atoms with E-state index < -0.39 is 0 Å². The van der Waals surface area contributed by atoms with Gasteiger partial charge in [0, 0.05) is 39.1 Å². The Morgan fingerprint density at radius 2 is 1.79 bits per heavy atom. The zero-order valence-corrected chi connectivity index (χ0v) is 21.1. The molecule has 7 heteroatoms. The molecule has 0 N–H and O–H groups in total. The highest BCUT2D eigenvalue weighted by Crippen LogP contribution is 2.37. The molecule has 1 saturated heterocycles. The molecule has 6 nitrogen and oxygen atoms in total. The van der Waals surface area contributed by atoms with Gasteiger partial charge in [0.05, 0.1) is 16.4 Å². The predicted octanol–water partition coefficient (Wildman–Crippen LogP) is 4.88. The molecule has 0 saturated carbocycles. The number of rotatable bonds is 7. The van der Waals surface area contributed by atoms with E-state index in [0.29, 0.717) is 32.5 Å². The van der Waals surface area contributed by atoms with E-state index in [-0.39, 0.29) is 23.8 Å². The summed E-state index contributed by atoms with van der Waals surface area (Å²) in [7, 11) is 0. The standard InChI is InChI=1S/C27H34ClN3O3/c1-4-27(2,3)20-11-12-24-23(18-20)31(26(33)19-34-24)13-7-10-25(32)30-16-14-29(15-17-30)22-9-6-5-8-21(22)28/h5-6,8-9,11-12,18H,4,7,10,13-17,19H2,1-3H3. The highest BCUT2D eigenvalue weighted by atomic mass is 35.5. The van der Waals surface area contributed by atoms with Crippen LogP contribution < -0.4 is 14.5 Å². The van der Waals surface area contributed by atoms with Crippen molar-refractivity contribution >= 4 is 34.8 Å². The van der Waals surface area contributed by atoms with Gasteiger partial charge in [-0.15, -0.1) is 0 Å². The molecule has 0 radical (unpaired) electrons. The van der Waals surface area contributed by atoms with E-state index in [1.165, 1.54) is 5.56 Å². The van der Waals surface area contributed by atoms with E-state index in [4.69, 9.17) is 16.3 Å². The Morgan fingerprint density at radius 1 is 1.06 bits per heavy atom. The van der Waals surface area contributed by atoms with Crippen molar-refractivity contribution in [2.24, 2.45) is 0 Å². The van der Waals surface area contributed by atoms with Crippen LogP contribution in [0.5, 0.6) is 5.75 Å². The van der Waals surface area contributed by atoms with Crippen LogP contribution in [0.2, 0.25) is 5.02 Å². The van der Waals surface area contributed by atoms with Gasteiger partial charge < -0.3 is 19.4 Å². The number of halogens is 1. The van der Waals surface area contributed by atoms with Crippen LogP contribution in [0.15, 0.2) is 42.5 Å². The molecule has 4 rings (SSSR count). The number of hydrogen-bond acceptors (Lipinski definition) is 4. The Bertz CT molecular complexity index is 1050. The number of hydrogen-bond donors (Lipinski definition) is 0. The first-order valence-corrected chi connectivity index (χ1v) is 12.5. The minimum atomic E-state index is -0.0558. The number of ether oxygens (including phenoxy) is 1. The van der Waals surface area contributed by atoms with Crippen LogP contribution >= 0.6 is 11.6 Å². The first-order chi connectivity index (χ1) is 16.3. The molecule has 2 heterocycles. The molecule has 182 valence electrons. The maximum Gasteiger partial charge on any atom is 0.265 e. The minimum Gasteiger partial charge on any atom is -0.482 e. The summed E-state index contributed by atoms with van der Waals surface area (Å²) in [5.74, 6) is 0.817. The number of benzene rings is 2. The third-order valence-corrected chi connectivity index (χ3v) is 7.48. The molecule has 0 bridgehead atoms. The van der Waals surface area contributed by atoms with Gasteiger partial charge in [-0.3, -0.25) is 9.59 Å². The Labute approximate surface area is 207 Å². The Kier molecular flexibility index (Phi) is 7.36. The lowest BCUT2D eigenvalue weighted by atomic mass is 9.82. The normalized spacial score (nSPS) is 16.4. The second-order valence-electron chi connectivity index (χ2n) is 9.68. The van der Waals surface area contributed by atoms with Crippen molar-refractivity contribution in [3.05, 3.63) is 53.1 Å². The number of amides is 2. The summed E-state index contributed by atoms with van der Waals surface area (Å²) in [5, 5.41) is 0.739. The molecule has 0 aliphatic carbocycles. The molecule has 0 aromatic heterocycles. The molecule has 2 aromatic rings. The molecule has 2 aromatic carbocycles. The second-order valence-corrected chi connectivity index (χ2v) is 10.1. The predicted molar refractivity (Wildman–Crippen MR) is 137 cm³/mol. The lowest BCUT2D eigenvalue weighted by molar-refractivity contribution is -0.131. The molecule has 34 heavy (non-hydrogen) atoms. The molecule has 0 atom stereocenters. The average Bonchev–Trinajstić information content (AvgIpc) is 2.85. The maximum absolute atomic E-state index is 12.9. The van der Waals surface area contributed by atoms with Crippen LogP contribution in [0.1, 0.15) is 45.6 Å². The fourth-order valence-corrected chi connectivity index (χ4v) is 4.78. The fourth-order valence-electron chi connectivity index (χ4n) is 4.52. The van der Waals surface area contributed by atoms with Crippen molar-refractivity contribution < 1.29 is 14.3 Å². The summed E-state index contributed by atoms with van der Waals surface area (Å²) in [6, 6.07) is 13.9. The van der Waals surface area contributed by atoms with E-state index >= 15 is 0 Å². The largest absolute Gasteiger partial charge is 0.482 e. The van der Waals surface area contributed by atoms with Crippen molar-refractivity contribution in [1.82, 2.24) is 4.90 Å². The number of para-hydroxylation sites is 1. The van der Waals surface area contributed by atoms with Crippen molar-refractivity contribution in [2.75, 3.05) is 49.1 Å². The number of nitrogens with zero attached hydrogens (tertiary/aromatic N) is 3. The summed E-state index contributed by atoms with van der Waals surface area (Å²) >= 11 is 6.33. The van der Waals surface area contributed by atoms with E-state index in [1.807, 2.05) is 35.2 Å². The smallest absolute Gasteiger partial charge is 0.265 e. The number of carbonyl (C=O) groups is 2. The van der Waals surface area contributed by atoms with Gasteiger partial charge in [-0.1, -0.05) is 50.6 Å². The Balaban J connectivity index is 1.33. The highest BCUT2D eigenvalue weighted by Gasteiger charge is 2.29. The van der Waals surface area contributed by atoms with E-state index in [9.17, 15) is 9.59 Å². The topological polar surface area (TPSA) is 53.1 Å². The summed E-state index contributed by atoms with van der Waals surface area (Å²) < 4.78 is 5.66. The summed E-state index contributed by atoms with van der Waals surface area (Å²) in [4.78, 5) is 31.4. The van der Waals surface area contributed by atoms with Crippen molar-refractivity contribution in [3.63, 3.8) is 0 Å². The van der Waals surface area contributed by atoms with Crippen molar-refractivity contribution in [1.29, 1.82) is 0 Å². The van der Waals surface area contributed by atoms with Crippen LogP contribution in [0.4, 0.5) is 11.4 Å². The van der Waals surface area contributed by atoms with Crippen LogP contribution in [-0.4, -0.2) is 56.0 Å². The second kappa shape index (κ2) is 10.3. The summed E-state index contributed by atoms with van der Waals surface area (Å²) in [6.07, 6.45) is 2.04. The van der Waals surface area contributed by atoms with Crippen LogP contribution in [0, 0.1) is 0 Å². The molecule has 2 aliphatic heterocycles. The molecule has 0 unspecified atom stereocenters. The molecule has 2 aliphatic rings. The van der Waals surface area contributed by atoms with E-state index in [2.05, 4.69) is 37.8 Å². The third-order valence-electron chi connectivity index (χ3n) is 7.17. The van der Waals surface area contributed by atoms with Gasteiger partial charge in [0.2, 0.25) is 5.91 Å². The maximum atomic E-state index is 12.9. The van der Waals surface area contributed by atoms with E-state index in [1.54, 1.807) is 4.90 Å². The average molecular weight is 484 g/mol. The van der Waals surface area contributed by atoms with Gasteiger partial charge >= 0.3 is 0 Å². The zero-order chi connectivity index (χ0) is 24.3. The molecular weight excluding hydrogens is 450 g/mol. The van der Waals surface area contributed by atoms with Crippen LogP contribution in [-0.2, 0) is 15.0 Å². The lowest BCUT2D eigenvalue weighted by Gasteiger charge is -2.36. The monoisotopic (exact) mass is 483 g/mol. The summed E-state index contributed by atoms with van der Waals surface area (Å²) in [5.41, 5.74) is 3.04. The van der Waals surface area contributed by atoms with Crippen LogP contribution in [0.3, 0.4) is 0 Å². The first-order valence-electron chi connectivity index (χ1n) is 12.1. The molecule has 0 spiro atoms. The van der Waals surface area contributed by atoms with E-state index in [0.717, 1.165) is 41.7 Å². The Hall–Kier alpha value is -2.73. The third kappa shape index (κ3) is 5.17. The first kappa shape index (κ1) is 24.4. The van der Waals surface area contributed by atoms with Crippen LogP contribution in [0.25, 0.3) is 0 Å². The number of carbonyl (C=O) groups excluding carboxylic acids is 2. The number of piperazine rings is 1. The molecular formula is C27H34ClN3O3. The summed E-state index contributed by atoms with van der Waals surface area (Å²) in [6.45, 7) is 10.0. The quantitative estimate of drug-likeness (QED) is 0.563. The Morgan fingerprint density at radius 3 is 2.50 bits per heavy atom. The van der Waals surface area contributed by atoms with Gasteiger partial charge in [0.15, 0.2) is 6.61 Å². The number of anilines is 2. The lowest BCUT2D eigenvalue weighted by Crippen LogP contribution is -2.49. The van der Waals surface area contributed by atoms with Gasteiger partial charge in [0.1, 0.15) is 5.75 Å². The van der Waals surface area contributed by atoms with Gasteiger partial charge in [-0.05, 0) is 48.1 Å².